The molecule has 0 fully saturated rings. The smallest absolute Gasteiger partial charge is 0.133 e. The van der Waals surface area contributed by atoms with Crippen LogP contribution >= 0.6 is 11.6 Å². The van der Waals surface area contributed by atoms with Crippen molar-refractivity contribution in [2.45, 2.75) is 6.92 Å². The summed E-state index contributed by atoms with van der Waals surface area (Å²) in [5.74, 6) is -0.223. The van der Waals surface area contributed by atoms with Crippen molar-refractivity contribution in [3.8, 4) is 11.3 Å². The van der Waals surface area contributed by atoms with E-state index in [1.165, 1.54) is 12.4 Å². The van der Waals surface area contributed by atoms with Gasteiger partial charge in [-0.25, -0.2) is 14.4 Å². The second kappa shape index (κ2) is 3.95. The normalized spacial score (nSPS) is 10.3. The number of nitrogens with zero attached hydrogens (tertiary/aromatic N) is 2. The minimum absolute atomic E-state index is 0.223. The van der Waals surface area contributed by atoms with Crippen LogP contribution in [0.1, 0.15) is 5.56 Å². The molecule has 0 spiro atoms. The summed E-state index contributed by atoms with van der Waals surface area (Å²) in [6.07, 6.45) is 1.39. The van der Waals surface area contributed by atoms with E-state index in [0.29, 0.717) is 16.4 Å². The lowest BCUT2D eigenvalue weighted by Gasteiger charge is -2.02. The van der Waals surface area contributed by atoms with Gasteiger partial charge in [0.25, 0.3) is 0 Å². The number of aromatic nitrogens is 2. The Morgan fingerprint density at radius 1 is 1.20 bits per heavy atom. The zero-order valence-corrected chi connectivity index (χ0v) is 8.79. The first-order valence-corrected chi connectivity index (χ1v) is 4.78. The van der Waals surface area contributed by atoms with Crippen LogP contribution in [-0.2, 0) is 0 Å². The first-order valence-electron chi connectivity index (χ1n) is 4.41. The van der Waals surface area contributed by atoms with Crippen molar-refractivity contribution >= 4 is 11.6 Å². The fourth-order valence-electron chi connectivity index (χ4n) is 1.30. The maximum Gasteiger partial charge on any atom is 0.133 e. The summed E-state index contributed by atoms with van der Waals surface area (Å²) in [6.45, 7) is 1.71. The summed E-state index contributed by atoms with van der Waals surface area (Å²) in [6, 6.07) is 6.46. The van der Waals surface area contributed by atoms with Crippen LogP contribution in [0.5, 0.6) is 0 Å². The number of hydrogen-bond donors (Lipinski definition) is 0. The summed E-state index contributed by atoms with van der Waals surface area (Å²) in [5, 5.41) is 0.377. The van der Waals surface area contributed by atoms with Crippen LogP contribution in [0.2, 0.25) is 5.15 Å². The molecule has 76 valence electrons. The van der Waals surface area contributed by atoms with Crippen molar-refractivity contribution in [3.63, 3.8) is 0 Å². The van der Waals surface area contributed by atoms with Crippen LogP contribution in [0.3, 0.4) is 0 Å². The van der Waals surface area contributed by atoms with Gasteiger partial charge in [0.1, 0.15) is 17.3 Å². The van der Waals surface area contributed by atoms with Gasteiger partial charge in [-0.05, 0) is 30.7 Å². The number of aryl methyl sites for hydroxylation is 1. The molecule has 2 nitrogen and oxygen atoms in total. The average molecular weight is 223 g/mol. The Kier molecular flexibility index (Phi) is 2.64. The molecule has 0 atom stereocenters. The van der Waals surface area contributed by atoms with Crippen LogP contribution in [-0.4, -0.2) is 9.97 Å². The maximum atomic E-state index is 13.0. The second-order valence-corrected chi connectivity index (χ2v) is 3.58. The molecule has 1 aromatic carbocycles. The van der Waals surface area contributed by atoms with Gasteiger partial charge in [0, 0.05) is 11.6 Å². The summed E-state index contributed by atoms with van der Waals surface area (Å²) in [4.78, 5) is 7.85. The van der Waals surface area contributed by atoms with E-state index in [-0.39, 0.29) is 5.82 Å². The highest BCUT2D eigenvalue weighted by Gasteiger charge is 2.03. The maximum absolute atomic E-state index is 13.0. The molecule has 0 unspecified atom stereocenters. The van der Waals surface area contributed by atoms with Crippen molar-refractivity contribution in [1.82, 2.24) is 9.97 Å². The molecule has 0 radical (unpaired) electrons. The van der Waals surface area contributed by atoms with Crippen LogP contribution in [0, 0.1) is 12.7 Å². The van der Waals surface area contributed by atoms with Crippen LogP contribution in [0.4, 0.5) is 4.39 Å². The zero-order valence-electron chi connectivity index (χ0n) is 8.04. The second-order valence-electron chi connectivity index (χ2n) is 3.19. The van der Waals surface area contributed by atoms with Crippen LogP contribution in [0.15, 0.2) is 30.6 Å². The fourth-order valence-corrected chi connectivity index (χ4v) is 1.44. The fraction of sp³-hybridized carbons (Fsp3) is 0.0909. The summed E-state index contributed by atoms with van der Waals surface area (Å²) >= 11 is 5.74. The molecule has 4 heteroatoms. The molecular formula is C11H8ClFN2. The average Bonchev–Trinajstić information content (AvgIpc) is 2.22. The number of benzene rings is 1. The first-order chi connectivity index (χ1) is 7.16. The SMILES string of the molecule is Cc1cc(-c2cc(Cl)ncn2)ccc1F. The van der Waals surface area contributed by atoms with E-state index >= 15 is 0 Å². The third-order valence-corrected chi connectivity index (χ3v) is 2.29. The number of halogens is 2. The van der Waals surface area contributed by atoms with E-state index < -0.39 is 0 Å². The van der Waals surface area contributed by atoms with E-state index in [0.717, 1.165) is 5.56 Å². The molecule has 0 aliphatic rings. The Labute approximate surface area is 91.8 Å². The lowest BCUT2D eigenvalue weighted by atomic mass is 10.1. The van der Waals surface area contributed by atoms with Crippen molar-refractivity contribution in [1.29, 1.82) is 0 Å². The third kappa shape index (κ3) is 2.13. The lowest BCUT2D eigenvalue weighted by Crippen LogP contribution is -1.88. The highest BCUT2D eigenvalue weighted by molar-refractivity contribution is 6.29. The van der Waals surface area contributed by atoms with Gasteiger partial charge in [0.2, 0.25) is 0 Å². The Hall–Kier alpha value is -1.48. The Balaban J connectivity index is 2.50. The quantitative estimate of drug-likeness (QED) is 0.693. The van der Waals surface area contributed by atoms with Crippen LogP contribution in [0.25, 0.3) is 11.3 Å². The monoisotopic (exact) mass is 222 g/mol. The van der Waals surface area contributed by atoms with Crippen LogP contribution < -0.4 is 0 Å². The van der Waals surface area contributed by atoms with Gasteiger partial charge in [0.15, 0.2) is 0 Å². The molecule has 0 aliphatic heterocycles. The van der Waals surface area contributed by atoms with Gasteiger partial charge >= 0.3 is 0 Å². The molecule has 1 aromatic heterocycles. The van der Waals surface area contributed by atoms with E-state index in [4.69, 9.17) is 11.6 Å². The van der Waals surface area contributed by atoms with Crippen molar-refractivity contribution in [2.75, 3.05) is 0 Å². The van der Waals surface area contributed by atoms with Crippen molar-refractivity contribution in [2.24, 2.45) is 0 Å². The van der Waals surface area contributed by atoms with E-state index in [1.807, 2.05) is 0 Å². The minimum atomic E-state index is -0.223. The summed E-state index contributed by atoms with van der Waals surface area (Å²) in [5.41, 5.74) is 2.11. The lowest BCUT2D eigenvalue weighted by molar-refractivity contribution is 0.619. The van der Waals surface area contributed by atoms with Gasteiger partial charge < -0.3 is 0 Å². The molecule has 0 saturated heterocycles. The Morgan fingerprint density at radius 3 is 2.67 bits per heavy atom. The highest BCUT2D eigenvalue weighted by Crippen LogP contribution is 2.21. The van der Waals surface area contributed by atoms with Gasteiger partial charge in [-0.3, -0.25) is 0 Å². The van der Waals surface area contributed by atoms with Crippen molar-refractivity contribution in [3.05, 3.63) is 47.1 Å². The predicted octanol–water partition coefficient (Wildman–Crippen LogP) is 3.24. The first kappa shape index (κ1) is 10.1. The van der Waals surface area contributed by atoms with E-state index in [1.54, 1.807) is 25.1 Å². The molecule has 15 heavy (non-hydrogen) atoms. The molecule has 0 amide bonds. The van der Waals surface area contributed by atoms with E-state index in [2.05, 4.69) is 9.97 Å². The predicted molar refractivity (Wildman–Crippen MR) is 57.2 cm³/mol. The Bertz CT molecular complexity index is 500. The molecule has 2 rings (SSSR count). The highest BCUT2D eigenvalue weighted by atomic mass is 35.5. The number of hydrogen-bond acceptors (Lipinski definition) is 2. The van der Waals surface area contributed by atoms with Gasteiger partial charge in [-0.15, -0.1) is 0 Å². The molecular weight excluding hydrogens is 215 g/mol. The Morgan fingerprint density at radius 2 is 2.00 bits per heavy atom. The molecule has 0 bridgehead atoms. The number of rotatable bonds is 1. The van der Waals surface area contributed by atoms with E-state index in [9.17, 15) is 4.39 Å². The van der Waals surface area contributed by atoms with Gasteiger partial charge in [0.05, 0.1) is 5.69 Å². The topological polar surface area (TPSA) is 25.8 Å². The van der Waals surface area contributed by atoms with Gasteiger partial charge in [-0.2, -0.15) is 0 Å². The largest absolute Gasteiger partial charge is 0.236 e. The summed E-state index contributed by atoms with van der Waals surface area (Å²) in [7, 11) is 0. The minimum Gasteiger partial charge on any atom is -0.236 e. The zero-order chi connectivity index (χ0) is 10.8. The van der Waals surface area contributed by atoms with Gasteiger partial charge in [-0.1, -0.05) is 11.6 Å². The summed E-state index contributed by atoms with van der Waals surface area (Å²) < 4.78 is 13.0. The standard InChI is InChI=1S/C11H8ClFN2/c1-7-4-8(2-3-9(7)13)10-5-11(12)15-6-14-10/h2-6H,1H3. The van der Waals surface area contributed by atoms with Crippen molar-refractivity contribution < 1.29 is 4.39 Å². The molecule has 0 saturated carbocycles. The third-order valence-electron chi connectivity index (χ3n) is 2.09. The molecule has 1 heterocycles. The molecule has 0 N–H and O–H groups in total. The molecule has 0 aliphatic carbocycles. The molecule has 2 aromatic rings.